The summed E-state index contributed by atoms with van der Waals surface area (Å²) in [5, 5.41) is 7.76. The van der Waals surface area contributed by atoms with Gasteiger partial charge in [0.15, 0.2) is 0 Å². The van der Waals surface area contributed by atoms with E-state index in [0.29, 0.717) is 12.3 Å². The van der Waals surface area contributed by atoms with Crippen LogP contribution in [0.4, 0.5) is 5.69 Å². The second-order valence-corrected chi connectivity index (χ2v) is 7.26. The molecule has 7 heteroatoms. The second-order valence-electron chi connectivity index (χ2n) is 5.50. The van der Waals surface area contributed by atoms with Gasteiger partial charge in [-0.2, -0.15) is 5.10 Å². The monoisotopic (exact) mass is 309 g/mol. The molecule has 0 spiro atoms. The van der Waals surface area contributed by atoms with Crippen molar-refractivity contribution in [3.63, 3.8) is 0 Å². The highest BCUT2D eigenvalue weighted by molar-refractivity contribution is 7.92. The van der Waals surface area contributed by atoms with Gasteiger partial charge in [0.2, 0.25) is 10.0 Å². The zero-order chi connectivity index (χ0) is 14.9. The topological polar surface area (TPSA) is 84.1 Å². The van der Waals surface area contributed by atoms with Gasteiger partial charge in [0.05, 0.1) is 29.3 Å². The summed E-state index contributed by atoms with van der Waals surface area (Å²) < 4.78 is 32.7. The van der Waals surface area contributed by atoms with Crippen LogP contribution in [0.15, 0.2) is 18.3 Å². The fourth-order valence-corrected chi connectivity index (χ4v) is 4.00. The number of rotatable bonds is 4. The maximum absolute atomic E-state index is 12.3. The Kier molecular flexibility index (Phi) is 3.86. The Hall–Kier alpha value is -1.60. The molecular weight excluding hydrogens is 290 g/mol. The summed E-state index contributed by atoms with van der Waals surface area (Å²) in [6.45, 7) is 2.53. The van der Waals surface area contributed by atoms with Gasteiger partial charge in [-0.15, -0.1) is 0 Å². The van der Waals surface area contributed by atoms with Gasteiger partial charge in [-0.25, -0.2) is 8.42 Å². The predicted molar refractivity (Wildman–Crippen MR) is 81.8 cm³/mol. The molecule has 0 aliphatic carbocycles. The number of aromatic nitrogens is 2. The fraction of sp³-hybridized carbons (Fsp3) is 0.500. The molecule has 1 saturated heterocycles. The summed E-state index contributed by atoms with van der Waals surface area (Å²) in [5.41, 5.74) is 2.27. The van der Waals surface area contributed by atoms with Crippen LogP contribution in [-0.2, 0) is 14.8 Å². The number of benzene rings is 1. The van der Waals surface area contributed by atoms with E-state index in [9.17, 15) is 8.42 Å². The Balaban J connectivity index is 1.77. The predicted octanol–water partition coefficient (Wildman–Crippen LogP) is 2.18. The number of hydrogen-bond acceptors (Lipinski definition) is 4. The minimum atomic E-state index is -3.42. The van der Waals surface area contributed by atoms with Gasteiger partial charge in [-0.05, 0) is 43.9 Å². The summed E-state index contributed by atoms with van der Waals surface area (Å²) >= 11 is 0. The lowest BCUT2D eigenvalue weighted by molar-refractivity contribution is 0.0306. The van der Waals surface area contributed by atoms with Crippen molar-refractivity contribution in [3.8, 4) is 0 Å². The van der Waals surface area contributed by atoms with Crippen LogP contribution in [0.2, 0.25) is 0 Å². The van der Waals surface area contributed by atoms with Gasteiger partial charge in [0.1, 0.15) is 0 Å². The largest absolute Gasteiger partial charge is 0.377 e. The minimum absolute atomic E-state index is 0.00739. The summed E-state index contributed by atoms with van der Waals surface area (Å²) in [6.07, 6.45) is 4.36. The van der Waals surface area contributed by atoms with E-state index in [-0.39, 0.29) is 11.9 Å². The van der Waals surface area contributed by atoms with Gasteiger partial charge in [0, 0.05) is 12.0 Å². The van der Waals surface area contributed by atoms with Crippen LogP contribution >= 0.6 is 0 Å². The van der Waals surface area contributed by atoms with Gasteiger partial charge >= 0.3 is 0 Å². The number of H-pyrrole nitrogens is 1. The van der Waals surface area contributed by atoms with E-state index in [0.717, 1.165) is 35.7 Å². The number of ether oxygens (including phenoxy) is 1. The molecule has 2 heterocycles. The highest BCUT2D eigenvalue weighted by Crippen LogP contribution is 2.23. The molecule has 0 amide bonds. The third-order valence-electron chi connectivity index (χ3n) is 3.73. The molecule has 21 heavy (non-hydrogen) atoms. The van der Waals surface area contributed by atoms with Crippen molar-refractivity contribution in [2.24, 2.45) is 0 Å². The smallest absolute Gasteiger partial charge is 0.235 e. The first kappa shape index (κ1) is 14.3. The number of hydrogen-bond donors (Lipinski definition) is 2. The molecule has 6 nitrogen and oxygen atoms in total. The normalized spacial score (nSPS) is 19.8. The number of aromatic amines is 1. The van der Waals surface area contributed by atoms with Crippen molar-refractivity contribution in [2.75, 3.05) is 17.1 Å². The van der Waals surface area contributed by atoms with Crippen molar-refractivity contribution in [3.05, 3.63) is 23.9 Å². The molecule has 0 bridgehead atoms. The first-order valence-electron chi connectivity index (χ1n) is 7.09. The zero-order valence-corrected chi connectivity index (χ0v) is 12.7. The van der Waals surface area contributed by atoms with Crippen molar-refractivity contribution >= 4 is 26.6 Å². The lowest BCUT2D eigenvalue weighted by Gasteiger charge is -2.22. The average Bonchev–Trinajstić information content (AvgIpc) is 2.86. The van der Waals surface area contributed by atoms with Crippen LogP contribution in [0.3, 0.4) is 0 Å². The van der Waals surface area contributed by atoms with Crippen LogP contribution in [-0.4, -0.2) is 37.1 Å². The Morgan fingerprint density at radius 1 is 1.43 bits per heavy atom. The van der Waals surface area contributed by atoms with Crippen LogP contribution in [0.5, 0.6) is 0 Å². The number of sulfonamides is 1. The molecule has 1 aromatic carbocycles. The summed E-state index contributed by atoms with van der Waals surface area (Å²) in [4.78, 5) is 0. The Bertz CT molecular complexity index is 733. The van der Waals surface area contributed by atoms with E-state index >= 15 is 0 Å². The molecule has 2 N–H and O–H groups in total. The van der Waals surface area contributed by atoms with Gasteiger partial charge in [-0.1, -0.05) is 0 Å². The molecule has 1 atom stereocenters. The van der Waals surface area contributed by atoms with Crippen LogP contribution in [0.1, 0.15) is 24.8 Å². The second kappa shape index (κ2) is 5.65. The molecule has 2 aromatic rings. The third kappa shape index (κ3) is 3.36. The van der Waals surface area contributed by atoms with Crippen LogP contribution < -0.4 is 4.72 Å². The molecule has 1 unspecified atom stereocenters. The van der Waals surface area contributed by atoms with Crippen LogP contribution in [0.25, 0.3) is 10.9 Å². The van der Waals surface area contributed by atoms with Gasteiger partial charge in [-0.3, -0.25) is 9.82 Å². The minimum Gasteiger partial charge on any atom is -0.377 e. The Morgan fingerprint density at radius 3 is 3.05 bits per heavy atom. The first-order chi connectivity index (χ1) is 10.0. The third-order valence-corrected chi connectivity index (χ3v) is 5.07. The molecule has 1 aliphatic rings. The number of nitrogens with zero attached hydrogens (tertiary/aromatic N) is 1. The molecule has 1 aromatic heterocycles. The maximum atomic E-state index is 12.3. The van der Waals surface area contributed by atoms with E-state index in [1.807, 2.05) is 13.0 Å². The lowest BCUT2D eigenvalue weighted by Crippen LogP contribution is -2.31. The zero-order valence-electron chi connectivity index (χ0n) is 11.9. The number of fused-ring (bicyclic) bond motifs is 1. The van der Waals surface area contributed by atoms with Gasteiger partial charge in [0.25, 0.3) is 0 Å². The molecule has 1 aliphatic heterocycles. The van der Waals surface area contributed by atoms with E-state index in [2.05, 4.69) is 14.9 Å². The molecule has 1 fully saturated rings. The van der Waals surface area contributed by atoms with Crippen molar-refractivity contribution in [1.29, 1.82) is 0 Å². The average molecular weight is 309 g/mol. The van der Waals surface area contributed by atoms with E-state index < -0.39 is 10.0 Å². The maximum Gasteiger partial charge on any atom is 0.235 e. The number of anilines is 1. The quantitative estimate of drug-likeness (QED) is 0.906. The van der Waals surface area contributed by atoms with Gasteiger partial charge < -0.3 is 4.74 Å². The summed E-state index contributed by atoms with van der Waals surface area (Å²) in [7, 11) is -3.42. The highest BCUT2D eigenvalue weighted by Gasteiger charge is 2.22. The van der Waals surface area contributed by atoms with Crippen molar-refractivity contribution in [1.82, 2.24) is 10.2 Å². The fourth-order valence-electron chi connectivity index (χ4n) is 2.61. The number of nitrogens with one attached hydrogen (secondary N) is 2. The van der Waals surface area contributed by atoms with Crippen LogP contribution in [0, 0.1) is 6.92 Å². The van der Waals surface area contributed by atoms with Crippen molar-refractivity contribution < 1.29 is 13.2 Å². The molecular formula is C14H19N3O3S. The Labute approximate surface area is 123 Å². The summed E-state index contributed by atoms with van der Waals surface area (Å²) in [6, 6.07) is 3.69. The first-order valence-corrected chi connectivity index (χ1v) is 8.74. The standard InChI is InChI=1S/C14H19N3O3S/c1-10-6-11-8-15-16-14(11)7-13(10)17-21(18,19)9-12-4-2-3-5-20-12/h6-8,12,17H,2-5,9H2,1H3,(H,15,16). The van der Waals surface area contributed by atoms with Crippen molar-refractivity contribution in [2.45, 2.75) is 32.3 Å². The van der Waals surface area contributed by atoms with E-state index in [4.69, 9.17) is 4.74 Å². The highest BCUT2D eigenvalue weighted by atomic mass is 32.2. The Morgan fingerprint density at radius 2 is 2.29 bits per heavy atom. The van der Waals surface area contributed by atoms with E-state index in [1.54, 1.807) is 12.3 Å². The summed E-state index contributed by atoms with van der Waals surface area (Å²) in [5.74, 6) is 0.00739. The number of aryl methyl sites for hydroxylation is 1. The molecule has 0 radical (unpaired) electrons. The molecule has 0 saturated carbocycles. The molecule has 114 valence electrons. The molecule has 3 rings (SSSR count). The SMILES string of the molecule is Cc1cc2cn[nH]c2cc1NS(=O)(=O)CC1CCCCO1. The van der Waals surface area contributed by atoms with E-state index in [1.165, 1.54) is 0 Å². The lowest BCUT2D eigenvalue weighted by atomic mass is 10.1.